The molecule has 100 valence electrons. The van der Waals surface area contributed by atoms with Crippen molar-refractivity contribution in [1.29, 1.82) is 0 Å². The summed E-state index contributed by atoms with van der Waals surface area (Å²) in [6.45, 7) is 9.47. The van der Waals surface area contributed by atoms with Crippen LogP contribution in [0.4, 0.5) is 0 Å². The predicted molar refractivity (Wildman–Crippen MR) is 71.0 cm³/mol. The Hall–Kier alpha value is -0.120. The minimum atomic E-state index is -0.00492. The van der Waals surface area contributed by atoms with E-state index in [2.05, 4.69) is 24.1 Å². The SMILES string of the molecule is CC(C)CN1CCC(NCC2CC(O)C2)CC1. The van der Waals surface area contributed by atoms with Gasteiger partial charge in [0.05, 0.1) is 6.10 Å². The topological polar surface area (TPSA) is 35.5 Å². The summed E-state index contributed by atoms with van der Waals surface area (Å²) >= 11 is 0. The largest absolute Gasteiger partial charge is 0.393 e. The molecule has 1 heterocycles. The van der Waals surface area contributed by atoms with Crippen molar-refractivity contribution < 1.29 is 5.11 Å². The van der Waals surface area contributed by atoms with E-state index in [9.17, 15) is 5.11 Å². The van der Waals surface area contributed by atoms with Crippen molar-refractivity contribution in [3.8, 4) is 0 Å². The molecule has 3 heteroatoms. The number of aliphatic hydroxyl groups is 1. The molecule has 2 N–H and O–H groups in total. The molecular formula is C14H28N2O. The highest BCUT2D eigenvalue weighted by atomic mass is 16.3. The fourth-order valence-electron chi connectivity index (χ4n) is 3.04. The maximum absolute atomic E-state index is 9.24. The molecule has 1 saturated carbocycles. The van der Waals surface area contributed by atoms with E-state index in [1.807, 2.05) is 0 Å². The van der Waals surface area contributed by atoms with E-state index in [1.165, 1.54) is 32.5 Å². The molecular weight excluding hydrogens is 212 g/mol. The van der Waals surface area contributed by atoms with Gasteiger partial charge in [0.1, 0.15) is 0 Å². The first-order valence-electron chi connectivity index (χ1n) is 7.27. The average molecular weight is 240 g/mol. The van der Waals surface area contributed by atoms with E-state index in [0.717, 1.165) is 37.3 Å². The first-order valence-corrected chi connectivity index (χ1v) is 7.27. The molecule has 2 rings (SSSR count). The van der Waals surface area contributed by atoms with Crippen LogP contribution in [-0.4, -0.2) is 48.3 Å². The summed E-state index contributed by atoms with van der Waals surface area (Å²) in [4.78, 5) is 2.59. The van der Waals surface area contributed by atoms with Crippen LogP contribution in [0, 0.1) is 11.8 Å². The molecule has 2 aliphatic rings. The summed E-state index contributed by atoms with van der Waals surface area (Å²) in [5.74, 6) is 1.52. The van der Waals surface area contributed by atoms with Crippen LogP contribution in [0.5, 0.6) is 0 Å². The zero-order valence-electron chi connectivity index (χ0n) is 11.4. The van der Waals surface area contributed by atoms with Crippen LogP contribution in [0.25, 0.3) is 0 Å². The lowest BCUT2D eigenvalue weighted by Gasteiger charge is -2.36. The number of piperidine rings is 1. The second-order valence-corrected chi connectivity index (χ2v) is 6.37. The summed E-state index contributed by atoms with van der Waals surface area (Å²) in [6, 6.07) is 0.719. The molecule has 0 bridgehead atoms. The summed E-state index contributed by atoms with van der Waals surface area (Å²) in [5.41, 5.74) is 0. The van der Waals surface area contributed by atoms with Gasteiger partial charge in [-0.05, 0) is 57.2 Å². The van der Waals surface area contributed by atoms with Gasteiger partial charge in [-0.3, -0.25) is 0 Å². The first kappa shape index (κ1) is 13.3. The lowest BCUT2D eigenvalue weighted by Crippen LogP contribution is -2.46. The van der Waals surface area contributed by atoms with Crippen LogP contribution >= 0.6 is 0 Å². The fourth-order valence-corrected chi connectivity index (χ4v) is 3.04. The van der Waals surface area contributed by atoms with Crippen molar-refractivity contribution >= 4 is 0 Å². The Morgan fingerprint density at radius 2 is 1.88 bits per heavy atom. The Morgan fingerprint density at radius 1 is 1.24 bits per heavy atom. The van der Waals surface area contributed by atoms with Gasteiger partial charge < -0.3 is 15.3 Å². The minimum absolute atomic E-state index is 0.00492. The molecule has 0 radical (unpaired) electrons. The predicted octanol–water partition coefficient (Wildman–Crippen LogP) is 1.47. The van der Waals surface area contributed by atoms with Crippen molar-refractivity contribution in [2.75, 3.05) is 26.2 Å². The molecule has 0 aromatic rings. The van der Waals surface area contributed by atoms with Gasteiger partial charge in [-0.25, -0.2) is 0 Å². The molecule has 2 fully saturated rings. The third kappa shape index (κ3) is 4.23. The van der Waals surface area contributed by atoms with E-state index < -0.39 is 0 Å². The van der Waals surface area contributed by atoms with Crippen molar-refractivity contribution in [3.63, 3.8) is 0 Å². The highest BCUT2D eigenvalue weighted by Crippen LogP contribution is 2.26. The Kier molecular flexibility index (Phi) is 4.83. The zero-order chi connectivity index (χ0) is 12.3. The monoisotopic (exact) mass is 240 g/mol. The van der Waals surface area contributed by atoms with Gasteiger partial charge in [0, 0.05) is 12.6 Å². The van der Waals surface area contributed by atoms with Gasteiger partial charge in [0.25, 0.3) is 0 Å². The summed E-state index contributed by atoms with van der Waals surface area (Å²) in [7, 11) is 0. The number of hydrogen-bond acceptors (Lipinski definition) is 3. The average Bonchev–Trinajstić information content (AvgIpc) is 2.24. The molecule has 0 aromatic heterocycles. The third-order valence-electron chi connectivity index (χ3n) is 4.12. The number of aliphatic hydroxyl groups excluding tert-OH is 1. The molecule has 0 spiro atoms. The first-order chi connectivity index (χ1) is 8.13. The molecule has 0 unspecified atom stereocenters. The molecule has 17 heavy (non-hydrogen) atoms. The fraction of sp³-hybridized carbons (Fsp3) is 1.00. The molecule has 1 aliphatic heterocycles. The Bertz CT molecular complexity index is 218. The van der Waals surface area contributed by atoms with Gasteiger partial charge in [0.15, 0.2) is 0 Å². The molecule has 3 nitrogen and oxygen atoms in total. The molecule has 1 saturated heterocycles. The Labute approximate surface area is 106 Å². The van der Waals surface area contributed by atoms with E-state index in [-0.39, 0.29) is 6.10 Å². The maximum Gasteiger partial charge on any atom is 0.0546 e. The third-order valence-corrected chi connectivity index (χ3v) is 4.12. The van der Waals surface area contributed by atoms with E-state index in [1.54, 1.807) is 0 Å². The van der Waals surface area contributed by atoms with Gasteiger partial charge >= 0.3 is 0 Å². The van der Waals surface area contributed by atoms with E-state index >= 15 is 0 Å². The van der Waals surface area contributed by atoms with Crippen molar-refractivity contribution in [2.24, 2.45) is 11.8 Å². The van der Waals surface area contributed by atoms with Gasteiger partial charge in [-0.1, -0.05) is 13.8 Å². The zero-order valence-corrected chi connectivity index (χ0v) is 11.4. The van der Waals surface area contributed by atoms with Crippen LogP contribution in [0.15, 0.2) is 0 Å². The molecule has 1 aliphatic carbocycles. The molecule has 0 aromatic carbocycles. The minimum Gasteiger partial charge on any atom is -0.393 e. The van der Waals surface area contributed by atoms with Crippen molar-refractivity contribution in [3.05, 3.63) is 0 Å². The Balaban J connectivity index is 1.56. The normalized spacial score (nSPS) is 31.8. The maximum atomic E-state index is 9.24. The van der Waals surface area contributed by atoms with Gasteiger partial charge in [0.2, 0.25) is 0 Å². The number of nitrogens with one attached hydrogen (secondary N) is 1. The smallest absolute Gasteiger partial charge is 0.0546 e. The lowest BCUT2D eigenvalue weighted by atomic mass is 9.82. The van der Waals surface area contributed by atoms with Gasteiger partial charge in [-0.2, -0.15) is 0 Å². The second kappa shape index (κ2) is 6.17. The van der Waals surface area contributed by atoms with Gasteiger partial charge in [-0.15, -0.1) is 0 Å². The van der Waals surface area contributed by atoms with Crippen LogP contribution in [-0.2, 0) is 0 Å². The van der Waals surface area contributed by atoms with Crippen LogP contribution < -0.4 is 5.32 Å². The number of hydrogen-bond donors (Lipinski definition) is 2. The quantitative estimate of drug-likeness (QED) is 0.764. The molecule has 0 atom stereocenters. The van der Waals surface area contributed by atoms with Crippen LogP contribution in [0.1, 0.15) is 39.5 Å². The van der Waals surface area contributed by atoms with Crippen molar-refractivity contribution in [1.82, 2.24) is 10.2 Å². The van der Waals surface area contributed by atoms with Crippen LogP contribution in [0.2, 0.25) is 0 Å². The second-order valence-electron chi connectivity index (χ2n) is 6.37. The summed E-state index contributed by atoms with van der Waals surface area (Å²) in [5, 5.41) is 12.9. The summed E-state index contributed by atoms with van der Waals surface area (Å²) < 4.78 is 0. The van der Waals surface area contributed by atoms with Crippen LogP contribution in [0.3, 0.4) is 0 Å². The Morgan fingerprint density at radius 3 is 2.41 bits per heavy atom. The van der Waals surface area contributed by atoms with E-state index in [0.29, 0.717) is 0 Å². The molecule has 0 amide bonds. The highest BCUT2D eigenvalue weighted by molar-refractivity contribution is 4.83. The number of rotatable bonds is 5. The van der Waals surface area contributed by atoms with E-state index in [4.69, 9.17) is 0 Å². The number of nitrogens with zero attached hydrogens (tertiary/aromatic N) is 1. The standard InChI is InChI=1S/C14H28N2O/c1-11(2)10-16-5-3-13(4-6-16)15-9-12-7-14(17)8-12/h11-15,17H,3-10H2,1-2H3. The lowest BCUT2D eigenvalue weighted by molar-refractivity contribution is 0.0404. The number of likely N-dealkylation sites (tertiary alicyclic amines) is 1. The van der Waals surface area contributed by atoms with Crippen molar-refractivity contribution in [2.45, 2.75) is 51.7 Å². The highest BCUT2D eigenvalue weighted by Gasteiger charge is 2.28. The summed E-state index contributed by atoms with van der Waals surface area (Å²) in [6.07, 6.45) is 4.61.